The lowest BCUT2D eigenvalue weighted by molar-refractivity contribution is -0.121. The summed E-state index contributed by atoms with van der Waals surface area (Å²) in [6, 6.07) is 21.1. The van der Waals surface area contributed by atoms with E-state index >= 15 is 0 Å². The smallest absolute Gasteiger partial charge is 0.255 e. The first-order valence-corrected chi connectivity index (χ1v) is 11.5. The van der Waals surface area contributed by atoms with Crippen LogP contribution in [0.5, 0.6) is 17.2 Å². The first-order chi connectivity index (χ1) is 15.8. The monoisotopic (exact) mass is 467 g/mol. The Labute approximate surface area is 193 Å². The van der Waals surface area contributed by atoms with Crippen molar-refractivity contribution in [1.29, 1.82) is 0 Å². The Balaban J connectivity index is 1.58. The number of carbonyl (C=O) groups excluding carboxylic acids is 1. The molecule has 0 aliphatic carbocycles. The molecule has 0 radical (unpaired) electrons. The average Bonchev–Trinajstić information content (AvgIpc) is 2.80. The van der Waals surface area contributed by atoms with E-state index < -0.39 is 15.9 Å². The highest BCUT2D eigenvalue weighted by molar-refractivity contribution is 7.89. The van der Waals surface area contributed by atoms with E-state index in [1.807, 2.05) is 36.4 Å². The van der Waals surface area contributed by atoms with Crippen LogP contribution in [0, 0.1) is 6.92 Å². The van der Waals surface area contributed by atoms with E-state index in [1.165, 1.54) is 32.5 Å². The van der Waals surface area contributed by atoms with Crippen molar-refractivity contribution in [3.05, 3.63) is 83.9 Å². The van der Waals surface area contributed by atoms with Gasteiger partial charge in [-0.2, -0.15) is 9.41 Å². The highest BCUT2D eigenvalue weighted by Crippen LogP contribution is 2.23. The summed E-state index contributed by atoms with van der Waals surface area (Å²) < 4.78 is 37.4. The van der Waals surface area contributed by atoms with Crippen LogP contribution in [-0.2, 0) is 14.8 Å². The molecule has 0 unspecified atom stereocenters. The number of sulfonamides is 1. The number of amides is 1. The van der Waals surface area contributed by atoms with E-state index in [2.05, 4.69) is 10.5 Å². The van der Waals surface area contributed by atoms with Crippen LogP contribution in [0.3, 0.4) is 0 Å². The van der Waals surface area contributed by atoms with Gasteiger partial charge in [-0.3, -0.25) is 4.79 Å². The molecule has 3 aromatic rings. The second-order valence-corrected chi connectivity index (χ2v) is 9.22. The number of aryl methyl sites for hydroxylation is 1. The predicted octanol–water partition coefficient (Wildman–Crippen LogP) is 3.57. The molecule has 0 heterocycles. The van der Waals surface area contributed by atoms with Gasteiger partial charge in [-0.15, -0.1) is 0 Å². The molecule has 9 heteroatoms. The van der Waals surface area contributed by atoms with Gasteiger partial charge >= 0.3 is 0 Å². The second-order valence-electron chi connectivity index (χ2n) is 7.17. The first kappa shape index (κ1) is 24.0. The molecule has 0 aromatic heterocycles. The number of likely N-dealkylation sites (N-methyl/N-ethyl adjacent to an activating group) is 1. The standard InChI is InChI=1S/C24H25N3O5S/c1-18-14-22(12-13-23(18)31-3)33(29,30)27(2)17-24(28)26-25-16-19-8-7-11-21(15-19)32-20-9-5-4-6-10-20/h4-16H,17H2,1-3H3,(H,26,28)/b25-16+. The molecule has 1 N–H and O–H groups in total. The second kappa shape index (κ2) is 10.8. The summed E-state index contributed by atoms with van der Waals surface area (Å²) in [5.74, 6) is 1.34. The Bertz CT molecular complexity index is 1240. The molecule has 0 bridgehead atoms. The van der Waals surface area contributed by atoms with Gasteiger partial charge in [0.25, 0.3) is 5.91 Å². The lowest BCUT2D eigenvalue weighted by Gasteiger charge is -2.17. The highest BCUT2D eigenvalue weighted by Gasteiger charge is 2.23. The van der Waals surface area contributed by atoms with Crippen LogP contribution in [-0.4, -0.2) is 45.5 Å². The number of hydrogen-bond donors (Lipinski definition) is 1. The van der Waals surface area contributed by atoms with Crippen molar-refractivity contribution < 1.29 is 22.7 Å². The molecule has 8 nitrogen and oxygen atoms in total. The van der Waals surface area contributed by atoms with Crippen molar-refractivity contribution in [1.82, 2.24) is 9.73 Å². The zero-order valence-corrected chi connectivity index (χ0v) is 19.4. The number of para-hydroxylation sites is 1. The molecule has 1 amide bonds. The largest absolute Gasteiger partial charge is 0.496 e. The summed E-state index contributed by atoms with van der Waals surface area (Å²) >= 11 is 0. The zero-order chi connectivity index (χ0) is 23.8. The minimum atomic E-state index is -3.85. The molecule has 0 saturated carbocycles. The van der Waals surface area contributed by atoms with E-state index in [9.17, 15) is 13.2 Å². The summed E-state index contributed by atoms with van der Waals surface area (Å²) in [5.41, 5.74) is 3.73. The van der Waals surface area contributed by atoms with E-state index in [1.54, 1.807) is 31.2 Å². The number of benzene rings is 3. The minimum absolute atomic E-state index is 0.0785. The van der Waals surface area contributed by atoms with Gasteiger partial charge < -0.3 is 9.47 Å². The Kier molecular flexibility index (Phi) is 7.81. The van der Waals surface area contributed by atoms with Gasteiger partial charge in [0.05, 0.1) is 24.8 Å². The number of hydrogen-bond acceptors (Lipinski definition) is 6. The molecule has 0 spiro atoms. The van der Waals surface area contributed by atoms with Gasteiger partial charge in [-0.05, 0) is 60.5 Å². The number of nitrogens with one attached hydrogen (secondary N) is 1. The van der Waals surface area contributed by atoms with Gasteiger partial charge in [-0.25, -0.2) is 13.8 Å². The molecule has 33 heavy (non-hydrogen) atoms. The first-order valence-electron chi connectivity index (χ1n) is 10.1. The molecule has 0 fully saturated rings. The maximum absolute atomic E-state index is 12.8. The lowest BCUT2D eigenvalue weighted by Crippen LogP contribution is -2.36. The van der Waals surface area contributed by atoms with Gasteiger partial charge in [0.1, 0.15) is 17.2 Å². The third kappa shape index (κ3) is 6.41. The maximum Gasteiger partial charge on any atom is 0.255 e. The van der Waals surface area contributed by atoms with Gasteiger partial charge in [-0.1, -0.05) is 30.3 Å². The molecule has 172 valence electrons. The third-order valence-electron chi connectivity index (χ3n) is 4.68. The molecular formula is C24H25N3O5S. The Morgan fingerprint density at radius 2 is 1.76 bits per heavy atom. The molecule has 0 aliphatic heterocycles. The van der Waals surface area contributed by atoms with Crippen LogP contribution in [0.2, 0.25) is 0 Å². The lowest BCUT2D eigenvalue weighted by atomic mass is 10.2. The van der Waals surface area contributed by atoms with Crippen LogP contribution in [0.1, 0.15) is 11.1 Å². The fourth-order valence-electron chi connectivity index (χ4n) is 2.98. The van der Waals surface area contributed by atoms with E-state index in [0.717, 1.165) is 4.31 Å². The van der Waals surface area contributed by atoms with Crippen LogP contribution in [0.4, 0.5) is 0 Å². The van der Waals surface area contributed by atoms with E-state index in [4.69, 9.17) is 9.47 Å². The van der Waals surface area contributed by atoms with Crippen molar-refractivity contribution >= 4 is 22.1 Å². The van der Waals surface area contributed by atoms with Crippen molar-refractivity contribution in [3.63, 3.8) is 0 Å². The molecule has 3 aromatic carbocycles. The number of methoxy groups -OCH3 is 1. The predicted molar refractivity (Wildman–Crippen MR) is 126 cm³/mol. The summed E-state index contributed by atoms with van der Waals surface area (Å²) in [6.07, 6.45) is 1.46. The molecule has 3 rings (SSSR count). The van der Waals surface area contributed by atoms with E-state index in [0.29, 0.717) is 28.4 Å². The normalized spacial score (nSPS) is 11.5. The Morgan fingerprint density at radius 3 is 2.45 bits per heavy atom. The summed E-state index contributed by atoms with van der Waals surface area (Å²) in [5, 5.41) is 3.92. The van der Waals surface area contributed by atoms with Crippen molar-refractivity contribution in [3.8, 4) is 17.2 Å². The number of nitrogens with zero attached hydrogens (tertiary/aromatic N) is 2. The van der Waals surface area contributed by atoms with E-state index in [-0.39, 0.29) is 11.4 Å². The van der Waals surface area contributed by atoms with Crippen LogP contribution in [0.15, 0.2) is 82.8 Å². The van der Waals surface area contributed by atoms with Crippen molar-refractivity contribution in [2.24, 2.45) is 5.10 Å². The molecule has 0 aliphatic rings. The number of rotatable bonds is 9. The van der Waals surface area contributed by atoms with Crippen LogP contribution >= 0.6 is 0 Å². The third-order valence-corrected chi connectivity index (χ3v) is 6.48. The topological polar surface area (TPSA) is 97.3 Å². The average molecular weight is 468 g/mol. The van der Waals surface area contributed by atoms with Crippen LogP contribution < -0.4 is 14.9 Å². The zero-order valence-electron chi connectivity index (χ0n) is 18.6. The summed E-state index contributed by atoms with van der Waals surface area (Å²) in [4.78, 5) is 12.3. The van der Waals surface area contributed by atoms with Gasteiger partial charge in [0, 0.05) is 7.05 Å². The maximum atomic E-state index is 12.8. The fraction of sp³-hybridized carbons (Fsp3) is 0.167. The SMILES string of the molecule is COc1ccc(S(=O)(=O)N(C)CC(=O)N/N=C/c2cccc(Oc3ccccc3)c2)cc1C. The fourth-order valence-corrected chi connectivity index (χ4v) is 4.19. The number of ether oxygens (including phenoxy) is 2. The summed E-state index contributed by atoms with van der Waals surface area (Å²) in [7, 11) is -0.996. The Morgan fingerprint density at radius 1 is 1.03 bits per heavy atom. The summed E-state index contributed by atoms with van der Waals surface area (Å²) in [6.45, 7) is 1.36. The minimum Gasteiger partial charge on any atom is -0.496 e. The van der Waals surface area contributed by atoms with Gasteiger partial charge in [0.15, 0.2) is 0 Å². The molecule has 0 saturated heterocycles. The molecule has 0 atom stereocenters. The highest BCUT2D eigenvalue weighted by atomic mass is 32.2. The van der Waals surface area contributed by atoms with Crippen LogP contribution in [0.25, 0.3) is 0 Å². The van der Waals surface area contributed by atoms with Gasteiger partial charge in [0.2, 0.25) is 10.0 Å². The number of carbonyl (C=O) groups is 1. The number of hydrazone groups is 1. The van der Waals surface area contributed by atoms with Crippen molar-refractivity contribution in [2.45, 2.75) is 11.8 Å². The van der Waals surface area contributed by atoms with Crippen molar-refractivity contribution in [2.75, 3.05) is 20.7 Å². The molecular weight excluding hydrogens is 442 g/mol. The quantitative estimate of drug-likeness (QED) is 0.383. The Hall–Kier alpha value is -3.69.